The maximum absolute atomic E-state index is 11.8. The van der Waals surface area contributed by atoms with E-state index in [9.17, 15) is 9.59 Å². The summed E-state index contributed by atoms with van der Waals surface area (Å²) in [5.74, 6) is 0.249. The second-order valence-corrected chi connectivity index (χ2v) is 4.43. The Morgan fingerprint density at radius 1 is 1.50 bits per heavy atom. The van der Waals surface area contributed by atoms with Crippen LogP contribution in [0.15, 0.2) is 23.1 Å². The SMILES string of the molecule is O=C(NC1(CCl)CCC1)c1ccc(=O)[nH]c1. The minimum Gasteiger partial charge on any atom is -0.345 e. The molecule has 1 aliphatic carbocycles. The molecule has 0 aliphatic heterocycles. The van der Waals surface area contributed by atoms with Gasteiger partial charge in [-0.25, -0.2) is 0 Å². The number of nitrogens with one attached hydrogen (secondary N) is 2. The average Bonchev–Trinajstić information content (AvgIpc) is 2.24. The fourth-order valence-electron chi connectivity index (χ4n) is 1.76. The summed E-state index contributed by atoms with van der Waals surface area (Å²) in [6.45, 7) is 0. The van der Waals surface area contributed by atoms with Gasteiger partial charge in [-0.15, -0.1) is 11.6 Å². The van der Waals surface area contributed by atoms with E-state index < -0.39 is 0 Å². The van der Waals surface area contributed by atoms with Crippen molar-refractivity contribution in [1.82, 2.24) is 10.3 Å². The van der Waals surface area contributed by atoms with Crippen molar-refractivity contribution >= 4 is 17.5 Å². The molecule has 4 nitrogen and oxygen atoms in total. The molecule has 2 rings (SSSR count). The van der Waals surface area contributed by atoms with Crippen LogP contribution in [0, 0.1) is 0 Å². The van der Waals surface area contributed by atoms with E-state index in [2.05, 4.69) is 10.3 Å². The van der Waals surface area contributed by atoms with Crippen LogP contribution in [0.4, 0.5) is 0 Å². The summed E-state index contributed by atoms with van der Waals surface area (Å²) < 4.78 is 0. The lowest BCUT2D eigenvalue weighted by Gasteiger charge is -2.40. The van der Waals surface area contributed by atoms with Gasteiger partial charge in [0.2, 0.25) is 5.56 Å². The van der Waals surface area contributed by atoms with Gasteiger partial charge in [-0.1, -0.05) is 0 Å². The second kappa shape index (κ2) is 4.29. The van der Waals surface area contributed by atoms with E-state index in [1.165, 1.54) is 18.3 Å². The molecular weight excluding hydrogens is 228 g/mol. The van der Waals surface area contributed by atoms with Gasteiger partial charge < -0.3 is 10.3 Å². The molecule has 1 amide bonds. The summed E-state index contributed by atoms with van der Waals surface area (Å²) in [6.07, 6.45) is 4.36. The maximum atomic E-state index is 11.8. The van der Waals surface area contributed by atoms with Gasteiger partial charge in [0.25, 0.3) is 5.91 Å². The fourth-order valence-corrected chi connectivity index (χ4v) is 2.09. The molecule has 0 radical (unpaired) electrons. The standard InChI is InChI=1S/C11H13ClN2O2/c12-7-11(4-1-5-11)14-10(16)8-2-3-9(15)13-6-8/h2-3,6H,1,4-5,7H2,(H,13,15)(H,14,16). The van der Waals surface area contributed by atoms with E-state index in [-0.39, 0.29) is 17.0 Å². The number of rotatable bonds is 3. The first-order valence-corrected chi connectivity index (χ1v) is 5.76. The number of halogens is 1. The lowest BCUT2D eigenvalue weighted by Crippen LogP contribution is -2.55. The lowest BCUT2D eigenvalue weighted by atomic mass is 9.78. The molecule has 2 N–H and O–H groups in total. The second-order valence-electron chi connectivity index (χ2n) is 4.16. The van der Waals surface area contributed by atoms with Gasteiger partial charge in [0.05, 0.1) is 11.1 Å². The number of carbonyl (C=O) groups excluding carboxylic acids is 1. The van der Waals surface area contributed by atoms with Crippen LogP contribution in [0.25, 0.3) is 0 Å². The molecule has 0 bridgehead atoms. The van der Waals surface area contributed by atoms with Crippen LogP contribution in [0.2, 0.25) is 0 Å². The van der Waals surface area contributed by atoms with Crippen LogP contribution in [-0.2, 0) is 0 Å². The number of H-pyrrole nitrogens is 1. The Hall–Kier alpha value is -1.29. The van der Waals surface area contributed by atoms with E-state index >= 15 is 0 Å². The third kappa shape index (κ3) is 2.11. The summed E-state index contributed by atoms with van der Waals surface area (Å²) in [5.41, 5.74) is -0.00218. The summed E-state index contributed by atoms with van der Waals surface area (Å²) in [5, 5.41) is 2.92. The topological polar surface area (TPSA) is 62.0 Å². The predicted octanol–water partition coefficient (Wildman–Crippen LogP) is 1.27. The van der Waals surface area contributed by atoms with Gasteiger partial charge in [-0.05, 0) is 25.3 Å². The van der Waals surface area contributed by atoms with E-state index in [4.69, 9.17) is 11.6 Å². The van der Waals surface area contributed by atoms with Crippen LogP contribution >= 0.6 is 11.6 Å². The third-order valence-electron chi connectivity index (χ3n) is 2.99. The summed E-state index contributed by atoms with van der Waals surface area (Å²) in [7, 11) is 0. The molecule has 16 heavy (non-hydrogen) atoms. The number of pyridine rings is 1. The molecule has 1 fully saturated rings. The van der Waals surface area contributed by atoms with Crippen molar-refractivity contribution in [3.05, 3.63) is 34.2 Å². The molecule has 0 spiro atoms. The van der Waals surface area contributed by atoms with E-state index in [0.29, 0.717) is 11.4 Å². The first-order chi connectivity index (χ1) is 7.65. The number of carbonyl (C=O) groups is 1. The van der Waals surface area contributed by atoms with E-state index in [0.717, 1.165) is 19.3 Å². The van der Waals surface area contributed by atoms with Crippen molar-refractivity contribution in [2.75, 3.05) is 5.88 Å². The Bertz CT molecular complexity index is 426. The highest BCUT2D eigenvalue weighted by Crippen LogP contribution is 2.33. The minimum absolute atomic E-state index is 0.184. The van der Waals surface area contributed by atoms with Crippen molar-refractivity contribution in [2.45, 2.75) is 24.8 Å². The van der Waals surface area contributed by atoms with Crippen molar-refractivity contribution in [1.29, 1.82) is 0 Å². The zero-order chi connectivity index (χ0) is 11.6. The first-order valence-electron chi connectivity index (χ1n) is 5.22. The highest BCUT2D eigenvalue weighted by molar-refractivity contribution is 6.19. The molecule has 0 aromatic carbocycles. The fraction of sp³-hybridized carbons (Fsp3) is 0.455. The summed E-state index contributed by atoms with van der Waals surface area (Å²) >= 11 is 5.84. The Labute approximate surface area is 98.0 Å². The average molecular weight is 241 g/mol. The Kier molecular flexibility index (Phi) is 3.01. The normalized spacial score (nSPS) is 17.6. The molecule has 5 heteroatoms. The van der Waals surface area contributed by atoms with Crippen LogP contribution in [-0.4, -0.2) is 22.3 Å². The predicted molar refractivity (Wildman–Crippen MR) is 61.8 cm³/mol. The number of alkyl halides is 1. The third-order valence-corrected chi connectivity index (χ3v) is 3.50. The summed E-state index contributed by atoms with van der Waals surface area (Å²) in [6, 6.07) is 2.85. The van der Waals surface area contributed by atoms with Crippen LogP contribution in [0.3, 0.4) is 0 Å². The zero-order valence-corrected chi connectivity index (χ0v) is 9.51. The monoisotopic (exact) mass is 240 g/mol. The van der Waals surface area contributed by atoms with Crippen LogP contribution in [0.5, 0.6) is 0 Å². The zero-order valence-electron chi connectivity index (χ0n) is 8.75. The minimum atomic E-state index is -0.241. The molecule has 1 heterocycles. The van der Waals surface area contributed by atoms with Crippen molar-refractivity contribution in [3.63, 3.8) is 0 Å². The van der Waals surface area contributed by atoms with Crippen LogP contribution < -0.4 is 10.9 Å². The Morgan fingerprint density at radius 2 is 2.25 bits per heavy atom. The molecule has 1 saturated carbocycles. The van der Waals surface area contributed by atoms with Gasteiger partial charge in [0, 0.05) is 18.1 Å². The first kappa shape index (κ1) is 11.2. The Morgan fingerprint density at radius 3 is 2.69 bits per heavy atom. The Balaban J connectivity index is 2.08. The number of amides is 1. The highest BCUT2D eigenvalue weighted by Gasteiger charge is 2.37. The quantitative estimate of drug-likeness (QED) is 0.782. The van der Waals surface area contributed by atoms with Crippen molar-refractivity contribution in [2.24, 2.45) is 0 Å². The maximum Gasteiger partial charge on any atom is 0.253 e. The molecule has 1 aliphatic rings. The number of hydrogen-bond acceptors (Lipinski definition) is 2. The molecule has 0 atom stereocenters. The van der Waals surface area contributed by atoms with Gasteiger partial charge >= 0.3 is 0 Å². The molecule has 1 aromatic rings. The lowest BCUT2D eigenvalue weighted by molar-refractivity contribution is 0.0853. The smallest absolute Gasteiger partial charge is 0.253 e. The molecule has 0 unspecified atom stereocenters. The molecule has 86 valence electrons. The summed E-state index contributed by atoms with van der Waals surface area (Å²) in [4.78, 5) is 25.1. The number of aromatic nitrogens is 1. The van der Waals surface area contributed by atoms with E-state index in [1.807, 2.05) is 0 Å². The van der Waals surface area contributed by atoms with Gasteiger partial charge in [-0.3, -0.25) is 9.59 Å². The molecule has 0 saturated heterocycles. The molecule has 1 aromatic heterocycles. The highest BCUT2D eigenvalue weighted by atomic mass is 35.5. The van der Waals surface area contributed by atoms with E-state index in [1.54, 1.807) is 0 Å². The van der Waals surface area contributed by atoms with Gasteiger partial charge in [-0.2, -0.15) is 0 Å². The largest absolute Gasteiger partial charge is 0.345 e. The van der Waals surface area contributed by atoms with Gasteiger partial charge in [0.15, 0.2) is 0 Å². The molecular formula is C11H13ClN2O2. The van der Waals surface area contributed by atoms with Crippen molar-refractivity contribution in [3.8, 4) is 0 Å². The van der Waals surface area contributed by atoms with Crippen molar-refractivity contribution < 1.29 is 4.79 Å². The number of hydrogen-bond donors (Lipinski definition) is 2. The number of aromatic amines is 1. The van der Waals surface area contributed by atoms with Gasteiger partial charge in [0.1, 0.15) is 0 Å². The van der Waals surface area contributed by atoms with Crippen LogP contribution in [0.1, 0.15) is 29.6 Å².